The molecule has 0 spiro atoms. The number of rotatable bonds is 5. The highest BCUT2D eigenvalue weighted by Crippen LogP contribution is 2.29. The molecule has 168 valence electrons. The molecule has 2 aromatic heterocycles. The number of carbonyl (C=O) groups excluding carboxylic acids is 2. The zero-order valence-electron chi connectivity index (χ0n) is 17.1. The van der Waals surface area contributed by atoms with Gasteiger partial charge < -0.3 is 15.5 Å². The van der Waals surface area contributed by atoms with E-state index < -0.39 is 11.7 Å². The van der Waals surface area contributed by atoms with Gasteiger partial charge in [0.25, 0.3) is 5.56 Å². The number of fused-ring (bicyclic) bond motifs is 1. The minimum atomic E-state index is -0.516. The predicted molar refractivity (Wildman–Crippen MR) is 121 cm³/mol. The Bertz CT molecular complexity index is 1240. The number of benzene rings is 1. The molecule has 1 aromatic carbocycles. The summed E-state index contributed by atoms with van der Waals surface area (Å²) < 4.78 is 14.7. The van der Waals surface area contributed by atoms with Crippen LogP contribution in [-0.4, -0.2) is 46.5 Å². The molecule has 1 aliphatic rings. The van der Waals surface area contributed by atoms with Crippen molar-refractivity contribution in [3.05, 3.63) is 45.7 Å². The molecule has 12 heteroatoms. The maximum atomic E-state index is 13.2. The van der Waals surface area contributed by atoms with Crippen LogP contribution in [-0.2, 0) is 16.1 Å². The molecule has 0 atom stereocenters. The van der Waals surface area contributed by atoms with Gasteiger partial charge >= 0.3 is 0 Å². The lowest BCUT2D eigenvalue weighted by Crippen LogP contribution is -2.39. The van der Waals surface area contributed by atoms with Crippen LogP contribution in [0.1, 0.15) is 12.8 Å². The predicted octanol–water partition coefficient (Wildman–Crippen LogP) is 2.25. The Balaban J connectivity index is 1.48. The number of hydrogen-bond acceptors (Lipinski definition) is 7. The first-order chi connectivity index (χ1) is 15.4. The molecule has 0 aliphatic carbocycles. The topological polar surface area (TPSA) is 109 Å². The van der Waals surface area contributed by atoms with E-state index >= 15 is 0 Å². The van der Waals surface area contributed by atoms with Crippen molar-refractivity contribution >= 4 is 55.9 Å². The highest BCUT2D eigenvalue weighted by molar-refractivity contribution is 7.22. The Hall–Kier alpha value is -3.05. The van der Waals surface area contributed by atoms with Crippen LogP contribution >= 0.6 is 22.9 Å². The van der Waals surface area contributed by atoms with Crippen LogP contribution in [0.3, 0.4) is 0 Å². The number of piperidine rings is 1. The zero-order valence-corrected chi connectivity index (χ0v) is 18.7. The van der Waals surface area contributed by atoms with Crippen molar-refractivity contribution in [2.45, 2.75) is 19.4 Å². The van der Waals surface area contributed by atoms with Crippen LogP contribution in [0.5, 0.6) is 0 Å². The summed E-state index contributed by atoms with van der Waals surface area (Å²) in [4.78, 5) is 47.8. The van der Waals surface area contributed by atoms with E-state index in [0.29, 0.717) is 41.4 Å². The molecule has 1 aliphatic heterocycles. The molecule has 0 radical (unpaired) electrons. The van der Waals surface area contributed by atoms with Crippen LogP contribution in [0, 0.1) is 11.7 Å². The summed E-state index contributed by atoms with van der Waals surface area (Å²) in [5.74, 6) is -0.992. The number of anilines is 2. The monoisotopic (exact) mass is 478 g/mol. The SMILES string of the molecule is CNC(=O)C1CCN(c2nc3ncn(CC(=O)Nc4ccc(F)cc4Cl)c(=O)c3s2)CC1. The Morgan fingerprint density at radius 2 is 2.06 bits per heavy atom. The van der Waals surface area contributed by atoms with Crippen molar-refractivity contribution in [1.82, 2.24) is 19.9 Å². The van der Waals surface area contributed by atoms with Crippen LogP contribution in [0.4, 0.5) is 15.2 Å². The number of thiazole rings is 1. The molecule has 0 saturated carbocycles. The maximum absolute atomic E-state index is 13.2. The van der Waals surface area contributed by atoms with Gasteiger partial charge in [-0.25, -0.2) is 9.37 Å². The van der Waals surface area contributed by atoms with Crippen molar-refractivity contribution in [2.24, 2.45) is 5.92 Å². The lowest BCUT2D eigenvalue weighted by Gasteiger charge is -2.30. The summed E-state index contributed by atoms with van der Waals surface area (Å²) in [6.07, 6.45) is 2.69. The summed E-state index contributed by atoms with van der Waals surface area (Å²) in [6.45, 7) is 1.04. The zero-order chi connectivity index (χ0) is 22.8. The third kappa shape index (κ3) is 4.58. The van der Waals surface area contributed by atoms with Crippen molar-refractivity contribution < 1.29 is 14.0 Å². The average Bonchev–Trinajstić information content (AvgIpc) is 3.22. The van der Waals surface area contributed by atoms with Crippen molar-refractivity contribution in [2.75, 3.05) is 30.4 Å². The smallest absolute Gasteiger partial charge is 0.273 e. The van der Waals surface area contributed by atoms with E-state index in [4.69, 9.17) is 11.6 Å². The summed E-state index contributed by atoms with van der Waals surface area (Å²) in [5, 5.41) is 5.97. The molecule has 1 fully saturated rings. The van der Waals surface area contributed by atoms with Gasteiger partial charge in [0, 0.05) is 26.1 Å². The fraction of sp³-hybridized carbons (Fsp3) is 0.350. The molecule has 2 N–H and O–H groups in total. The van der Waals surface area contributed by atoms with Gasteiger partial charge in [0.05, 0.1) is 10.7 Å². The normalized spacial score (nSPS) is 14.5. The van der Waals surface area contributed by atoms with Gasteiger partial charge in [-0.2, -0.15) is 4.98 Å². The third-order valence-electron chi connectivity index (χ3n) is 5.27. The van der Waals surface area contributed by atoms with Gasteiger partial charge in [-0.15, -0.1) is 0 Å². The lowest BCUT2D eigenvalue weighted by atomic mass is 9.96. The minimum absolute atomic E-state index is 0.0193. The number of amides is 2. The molecule has 4 rings (SSSR count). The summed E-state index contributed by atoms with van der Waals surface area (Å²) >= 11 is 7.15. The van der Waals surface area contributed by atoms with Crippen LogP contribution in [0.15, 0.2) is 29.3 Å². The van der Waals surface area contributed by atoms with Crippen LogP contribution in [0.25, 0.3) is 10.3 Å². The molecule has 0 bridgehead atoms. The number of nitrogens with zero attached hydrogens (tertiary/aromatic N) is 4. The van der Waals surface area contributed by atoms with E-state index in [1.807, 2.05) is 4.90 Å². The maximum Gasteiger partial charge on any atom is 0.273 e. The first-order valence-corrected chi connectivity index (χ1v) is 11.1. The number of carbonyl (C=O) groups is 2. The van der Waals surface area contributed by atoms with Gasteiger partial charge in [0.2, 0.25) is 11.8 Å². The third-order valence-corrected chi connectivity index (χ3v) is 6.68. The highest BCUT2D eigenvalue weighted by Gasteiger charge is 2.26. The van der Waals surface area contributed by atoms with E-state index in [1.54, 1.807) is 7.05 Å². The molecule has 3 aromatic rings. The first kappa shape index (κ1) is 22.2. The Morgan fingerprint density at radius 1 is 1.31 bits per heavy atom. The van der Waals surface area contributed by atoms with E-state index in [1.165, 1.54) is 34.4 Å². The molecular formula is C20H20ClFN6O3S. The fourth-order valence-electron chi connectivity index (χ4n) is 3.56. The molecule has 32 heavy (non-hydrogen) atoms. The van der Waals surface area contributed by atoms with Crippen molar-refractivity contribution in [1.29, 1.82) is 0 Å². The second kappa shape index (κ2) is 9.21. The fourth-order valence-corrected chi connectivity index (χ4v) is 4.79. The van der Waals surface area contributed by atoms with Crippen molar-refractivity contribution in [3.63, 3.8) is 0 Å². The quantitative estimate of drug-likeness (QED) is 0.582. The van der Waals surface area contributed by atoms with Crippen LogP contribution < -0.4 is 21.1 Å². The largest absolute Gasteiger partial charge is 0.359 e. The van der Waals surface area contributed by atoms with E-state index in [0.717, 1.165) is 6.07 Å². The van der Waals surface area contributed by atoms with Gasteiger partial charge in [0.15, 0.2) is 10.8 Å². The van der Waals surface area contributed by atoms with Gasteiger partial charge in [-0.3, -0.25) is 19.0 Å². The molecule has 1 saturated heterocycles. The Kier molecular flexibility index (Phi) is 6.38. The number of nitrogens with one attached hydrogen (secondary N) is 2. The lowest BCUT2D eigenvalue weighted by molar-refractivity contribution is -0.125. The number of aromatic nitrogens is 3. The molecule has 0 unspecified atom stereocenters. The molecular weight excluding hydrogens is 459 g/mol. The average molecular weight is 479 g/mol. The molecule has 9 nitrogen and oxygen atoms in total. The second-order valence-electron chi connectivity index (χ2n) is 7.37. The van der Waals surface area contributed by atoms with E-state index in [2.05, 4.69) is 20.6 Å². The minimum Gasteiger partial charge on any atom is -0.359 e. The van der Waals surface area contributed by atoms with E-state index in [-0.39, 0.29) is 34.6 Å². The Morgan fingerprint density at radius 3 is 2.75 bits per heavy atom. The van der Waals surface area contributed by atoms with Crippen molar-refractivity contribution in [3.8, 4) is 0 Å². The number of halogens is 2. The summed E-state index contributed by atoms with van der Waals surface area (Å²) in [5.41, 5.74) is 0.196. The Labute approximate surface area is 191 Å². The standard InChI is InChI=1S/C20H20ClFN6O3S/c1-23-18(30)11-4-6-27(7-5-11)20-26-17-16(32-20)19(31)28(10-24-17)9-15(29)25-14-3-2-12(22)8-13(14)21/h2-3,8,10-11H,4-7,9H2,1H3,(H,23,30)(H,25,29). The highest BCUT2D eigenvalue weighted by atomic mass is 35.5. The molecule has 3 heterocycles. The first-order valence-electron chi connectivity index (χ1n) is 9.93. The van der Waals surface area contributed by atoms with Gasteiger partial charge in [-0.05, 0) is 31.0 Å². The summed E-state index contributed by atoms with van der Waals surface area (Å²) in [7, 11) is 1.63. The molecule has 2 amide bonds. The van der Waals surface area contributed by atoms with Gasteiger partial charge in [0.1, 0.15) is 23.4 Å². The number of hydrogen-bond donors (Lipinski definition) is 2. The summed E-state index contributed by atoms with van der Waals surface area (Å²) in [6, 6.07) is 3.62. The van der Waals surface area contributed by atoms with E-state index in [9.17, 15) is 18.8 Å². The van der Waals surface area contributed by atoms with Crippen LogP contribution in [0.2, 0.25) is 5.02 Å². The van der Waals surface area contributed by atoms with Gasteiger partial charge in [-0.1, -0.05) is 22.9 Å². The second-order valence-corrected chi connectivity index (χ2v) is 8.76.